The highest BCUT2D eigenvalue weighted by Gasteiger charge is 2.36. The minimum absolute atomic E-state index is 0.0534. The molecule has 0 saturated heterocycles. The molecule has 2 saturated carbocycles. The second kappa shape index (κ2) is 21.6. The number of benzene rings is 2. The Morgan fingerprint density at radius 3 is 2.02 bits per heavy atom. The molecule has 2 aromatic rings. The van der Waals surface area contributed by atoms with Crippen molar-refractivity contribution >= 4 is 41.2 Å². The number of primary amides is 1. The van der Waals surface area contributed by atoms with Gasteiger partial charge in [0.1, 0.15) is 12.1 Å². The van der Waals surface area contributed by atoms with Crippen LogP contribution >= 0.6 is 0 Å². The van der Waals surface area contributed by atoms with E-state index in [-0.39, 0.29) is 37.2 Å². The first-order chi connectivity index (χ1) is 26.0. The lowest BCUT2D eigenvalue weighted by molar-refractivity contribution is -0.143. The van der Waals surface area contributed by atoms with Crippen molar-refractivity contribution in [1.82, 2.24) is 26.2 Å². The van der Waals surface area contributed by atoms with Crippen LogP contribution < -0.4 is 27.0 Å². The van der Waals surface area contributed by atoms with Crippen molar-refractivity contribution < 1.29 is 33.6 Å². The van der Waals surface area contributed by atoms with Gasteiger partial charge in [-0.2, -0.15) is 0 Å². The van der Waals surface area contributed by atoms with E-state index >= 15 is 0 Å². The number of Topliss-reactive ketones (excluding diaryl/α,β-unsaturated/α-hetero) is 1. The molecule has 0 radical (unpaired) electrons. The maximum absolute atomic E-state index is 14.4. The molecular weight excluding hydrogens is 688 g/mol. The number of ketones is 1. The lowest BCUT2D eigenvalue weighted by Crippen LogP contribution is -2.56. The van der Waals surface area contributed by atoms with Crippen LogP contribution in [-0.2, 0) is 40.0 Å². The van der Waals surface area contributed by atoms with Crippen LogP contribution in [0.4, 0.5) is 0 Å². The molecule has 2 aliphatic rings. The minimum atomic E-state index is -1.21. The van der Waals surface area contributed by atoms with E-state index in [0.717, 1.165) is 63.4 Å². The van der Waals surface area contributed by atoms with Gasteiger partial charge in [0, 0.05) is 13.0 Å². The van der Waals surface area contributed by atoms with Crippen LogP contribution in [0, 0.1) is 11.8 Å². The fourth-order valence-corrected chi connectivity index (χ4v) is 7.48. The van der Waals surface area contributed by atoms with Gasteiger partial charge in [0.2, 0.25) is 35.3 Å². The van der Waals surface area contributed by atoms with Crippen molar-refractivity contribution in [3.8, 4) is 0 Å². The second-order valence-corrected chi connectivity index (χ2v) is 14.6. The van der Waals surface area contributed by atoms with Gasteiger partial charge in [0.05, 0.1) is 19.1 Å². The second-order valence-electron chi connectivity index (χ2n) is 14.6. The summed E-state index contributed by atoms with van der Waals surface area (Å²) in [6.45, 7) is 1.02. The van der Waals surface area contributed by atoms with E-state index in [1.54, 1.807) is 37.3 Å². The first-order valence-corrected chi connectivity index (χ1v) is 19.4. The molecule has 2 fully saturated rings. The molecule has 0 aromatic heterocycles. The largest absolute Gasteiger partial charge is 0.368 e. The first-order valence-electron chi connectivity index (χ1n) is 19.4. The number of nitrogens with zero attached hydrogens (tertiary/aromatic N) is 1. The van der Waals surface area contributed by atoms with Crippen molar-refractivity contribution in [2.24, 2.45) is 17.6 Å². The Balaban J connectivity index is 1.42. The van der Waals surface area contributed by atoms with E-state index in [4.69, 9.17) is 5.73 Å². The molecule has 13 nitrogen and oxygen atoms in total. The van der Waals surface area contributed by atoms with Crippen LogP contribution in [0.1, 0.15) is 101 Å². The molecule has 2 aliphatic carbocycles. The van der Waals surface area contributed by atoms with Crippen molar-refractivity contribution in [2.75, 3.05) is 19.6 Å². The van der Waals surface area contributed by atoms with E-state index in [0.29, 0.717) is 30.7 Å². The molecule has 1 unspecified atom stereocenters. The zero-order chi connectivity index (χ0) is 38.9. The third-order valence-electron chi connectivity index (χ3n) is 10.4. The van der Waals surface area contributed by atoms with Crippen LogP contribution in [0.15, 0.2) is 60.7 Å². The van der Waals surface area contributed by atoms with Crippen molar-refractivity contribution in [3.05, 3.63) is 71.8 Å². The maximum Gasteiger partial charge on any atom is 0.290 e. The summed E-state index contributed by atoms with van der Waals surface area (Å²) < 4.78 is 0. The van der Waals surface area contributed by atoms with Gasteiger partial charge >= 0.3 is 0 Å². The van der Waals surface area contributed by atoms with Gasteiger partial charge in [-0.25, -0.2) is 0 Å². The zero-order valence-corrected chi connectivity index (χ0v) is 31.4. The highest BCUT2D eigenvalue weighted by molar-refractivity contribution is 6.38. The number of carbonyl (C=O) groups is 7. The minimum Gasteiger partial charge on any atom is -0.368 e. The summed E-state index contributed by atoms with van der Waals surface area (Å²) in [5.41, 5.74) is 6.90. The predicted molar refractivity (Wildman–Crippen MR) is 203 cm³/mol. The first kappa shape index (κ1) is 41.7. The van der Waals surface area contributed by atoms with E-state index in [1.165, 1.54) is 4.90 Å². The normalized spacial score (nSPS) is 16.3. The van der Waals surface area contributed by atoms with Crippen LogP contribution in [0.5, 0.6) is 0 Å². The summed E-state index contributed by atoms with van der Waals surface area (Å²) in [5.74, 6) is -4.41. The molecule has 3 atom stereocenters. The van der Waals surface area contributed by atoms with Gasteiger partial charge in [-0.05, 0) is 61.5 Å². The standard InChI is InChI=1S/C41H56N6O7/c1-2-14-32(38(51)40(53)43-26-34(49)46-36(39(42)52)30-19-8-4-9-20-30)44-35(50)27-47(24-23-28-15-6-3-7-16-28)41(54)37(31-21-10-5-11-22-31)45-33(48)25-29-17-12-13-18-29/h3-4,6-9,15-16,19-20,29,31-32,36-37H,2,5,10-14,17-18,21-27H2,1H3,(H2,42,52)(H,43,53)(H,44,50)(H,45,48)(H,46,49)/t32?,36-,37-/m0/s1. The van der Waals surface area contributed by atoms with E-state index < -0.39 is 54.1 Å². The van der Waals surface area contributed by atoms with Gasteiger partial charge in [-0.15, -0.1) is 0 Å². The number of rotatable bonds is 20. The Hall–Kier alpha value is -5.07. The molecule has 6 N–H and O–H groups in total. The molecule has 292 valence electrons. The molecule has 6 amide bonds. The summed E-state index contributed by atoms with van der Waals surface area (Å²) in [6.07, 6.45) is 10.3. The summed E-state index contributed by atoms with van der Waals surface area (Å²) in [7, 11) is 0. The topological polar surface area (TPSA) is 197 Å². The lowest BCUT2D eigenvalue weighted by atomic mass is 9.83. The fraction of sp³-hybridized carbons (Fsp3) is 0.537. The number of nitrogens with one attached hydrogen (secondary N) is 4. The number of amides is 6. The highest BCUT2D eigenvalue weighted by Crippen LogP contribution is 2.30. The van der Waals surface area contributed by atoms with Crippen LogP contribution in [-0.4, -0.2) is 77.8 Å². The summed E-state index contributed by atoms with van der Waals surface area (Å²) in [6, 6.07) is 14.8. The van der Waals surface area contributed by atoms with E-state index in [9.17, 15) is 33.6 Å². The highest BCUT2D eigenvalue weighted by atomic mass is 16.2. The van der Waals surface area contributed by atoms with E-state index in [1.807, 2.05) is 30.3 Å². The Bertz CT molecular complexity index is 1570. The molecule has 13 heteroatoms. The quantitative estimate of drug-likeness (QED) is 0.129. The average Bonchev–Trinajstić information content (AvgIpc) is 3.69. The summed E-state index contributed by atoms with van der Waals surface area (Å²) in [5, 5.41) is 10.5. The average molecular weight is 745 g/mol. The van der Waals surface area contributed by atoms with E-state index in [2.05, 4.69) is 21.3 Å². The Morgan fingerprint density at radius 2 is 1.39 bits per heavy atom. The maximum atomic E-state index is 14.4. The van der Waals surface area contributed by atoms with Gasteiger partial charge in [0.15, 0.2) is 0 Å². The molecule has 0 spiro atoms. The zero-order valence-electron chi connectivity index (χ0n) is 31.4. The van der Waals surface area contributed by atoms with Gasteiger partial charge in [-0.1, -0.05) is 106 Å². The summed E-state index contributed by atoms with van der Waals surface area (Å²) >= 11 is 0. The predicted octanol–water partition coefficient (Wildman–Crippen LogP) is 3.02. The van der Waals surface area contributed by atoms with Crippen molar-refractivity contribution in [2.45, 2.75) is 109 Å². The molecule has 2 aromatic carbocycles. The monoisotopic (exact) mass is 744 g/mol. The van der Waals surface area contributed by atoms with Crippen molar-refractivity contribution in [3.63, 3.8) is 0 Å². The smallest absolute Gasteiger partial charge is 0.290 e. The third kappa shape index (κ3) is 13.1. The molecule has 0 bridgehead atoms. The Labute approximate surface area is 317 Å². The number of carbonyl (C=O) groups excluding carboxylic acids is 7. The van der Waals surface area contributed by atoms with Crippen LogP contribution in [0.2, 0.25) is 0 Å². The van der Waals surface area contributed by atoms with Gasteiger partial charge in [-0.3, -0.25) is 33.6 Å². The van der Waals surface area contributed by atoms with Gasteiger partial charge < -0.3 is 31.9 Å². The van der Waals surface area contributed by atoms with Gasteiger partial charge in [0.25, 0.3) is 5.91 Å². The number of hydrogen-bond acceptors (Lipinski definition) is 7. The number of nitrogens with two attached hydrogens (primary N) is 1. The lowest BCUT2D eigenvalue weighted by Gasteiger charge is -2.34. The summed E-state index contributed by atoms with van der Waals surface area (Å²) in [4.78, 5) is 93.6. The fourth-order valence-electron chi connectivity index (χ4n) is 7.48. The molecule has 0 heterocycles. The SMILES string of the molecule is CCCC(NC(=O)CN(CCc1ccccc1)C(=O)[C@@H](NC(=O)CC1CCCC1)C1CCCCC1)C(=O)C(=O)NCC(=O)N[C@H](C(N)=O)c1ccccc1. The van der Waals surface area contributed by atoms with Crippen LogP contribution in [0.3, 0.4) is 0 Å². The number of hydrogen-bond donors (Lipinski definition) is 5. The van der Waals surface area contributed by atoms with Crippen LogP contribution in [0.25, 0.3) is 0 Å². The molecular formula is C41H56N6O7. The van der Waals surface area contributed by atoms with Crippen molar-refractivity contribution in [1.29, 1.82) is 0 Å². The molecule has 54 heavy (non-hydrogen) atoms. The Morgan fingerprint density at radius 1 is 0.759 bits per heavy atom. The third-order valence-corrected chi connectivity index (χ3v) is 10.4. The Kier molecular flexibility index (Phi) is 16.7. The molecule has 4 rings (SSSR count). The molecule has 0 aliphatic heterocycles.